The van der Waals surface area contributed by atoms with Gasteiger partial charge < -0.3 is 10.4 Å². The first-order valence-electron chi connectivity index (χ1n) is 7.43. The maximum absolute atomic E-state index is 12.1. The van der Waals surface area contributed by atoms with Gasteiger partial charge in [0.1, 0.15) is 11.4 Å². The first kappa shape index (κ1) is 16.1. The molecule has 1 aliphatic rings. The zero-order chi connectivity index (χ0) is 16.9. The van der Waals surface area contributed by atoms with Gasteiger partial charge in [0.2, 0.25) is 0 Å². The summed E-state index contributed by atoms with van der Waals surface area (Å²) < 4.78 is 0. The van der Waals surface area contributed by atoms with E-state index in [1.807, 2.05) is 49.4 Å². The molecular weight excluding hydrogens is 320 g/mol. The number of phenolic OH excluding ortho intramolecular Hbond substituents is 1. The van der Waals surface area contributed by atoms with Crippen LogP contribution in [0.25, 0.3) is 6.08 Å². The molecule has 0 spiro atoms. The predicted molar refractivity (Wildman–Crippen MR) is 99.1 cm³/mol. The third-order valence-electron chi connectivity index (χ3n) is 3.31. The lowest BCUT2D eigenvalue weighted by atomic mass is 10.1. The molecule has 1 fully saturated rings. The lowest BCUT2D eigenvalue weighted by Crippen LogP contribution is -2.19. The van der Waals surface area contributed by atoms with Crippen molar-refractivity contribution in [3.8, 4) is 5.75 Å². The fourth-order valence-corrected chi connectivity index (χ4v) is 3.09. The highest BCUT2D eigenvalue weighted by molar-refractivity contribution is 8.18. The van der Waals surface area contributed by atoms with E-state index >= 15 is 0 Å². The SMILES string of the molecule is CC(=Cc1ccccc1)C=C1SC(=Nc2ccccc2O)NC1=O. The van der Waals surface area contributed by atoms with E-state index < -0.39 is 0 Å². The van der Waals surface area contributed by atoms with E-state index in [0.29, 0.717) is 15.8 Å². The number of aromatic hydroxyl groups is 1. The molecule has 5 heteroatoms. The quantitative estimate of drug-likeness (QED) is 0.825. The highest BCUT2D eigenvalue weighted by atomic mass is 32.2. The maximum Gasteiger partial charge on any atom is 0.264 e. The van der Waals surface area contributed by atoms with Gasteiger partial charge in [-0.1, -0.05) is 48.5 Å². The summed E-state index contributed by atoms with van der Waals surface area (Å²) in [6.45, 7) is 1.95. The Morgan fingerprint density at radius 2 is 1.83 bits per heavy atom. The van der Waals surface area contributed by atoms with Gasteiger partial charge in [-0.05, 0) is 48.0 Å². The molecule has 0 unspecified atom stereocenters. The molecule has 2 aromatic rings. The molecule has 24 heavy (non-hydrogen) atoms. The summed E-state index contributed by atoms with van der Waals surface area (Å²) in [7, 11) is 0. The van der Waals surface area contributed by atoms with Crippen molar-refractivity contribution in [2.45, 2.75) is 6.92 Å². The topological polar surface area (TPSA) is 61.7 Å². The van der Waals surface area contributed by atoms with Gasteiger partial charge >= 0.3 is 0 Å². The molecule has 3 rings (SSSR count). The second-order valence-electron chi connectivity index (χ2n) is 5.27. The van der Waals surface area contributed by atoms with Crippen molar-refractivity contribution in [1.82, 2.24) is 5.32 Å². The fraction of sp³-hybridized carbons (Fsp3) is 0.0526. The van der Waals surface area contributed by atoms with Crippen molar-refractivity contribution in [3.05, 3.63) is 76.7 Å². The number of aliphatic imine (C=N–C) groups is 1. The Labute approximate surface area is 144 Å². The smallest absolute Gasteiger partial charge is 0.264 e. The summed E-state index contributed by atoms with van der Waals surface area (Å²) in [5.74, 6) is -0.104. The normalized spacial score (nSPS) is 18.2. The van der Waals surface area contributed by atoms with E-state index in [-0.39, 0.29) is 11.7 Å². The molecule has 1 amide bonds. The van der Waals surface area contributed by atoms with Crippen LogP contribution in [0.15, 0.2) is 76.1 Å². The fourth-order valence-electron chi connectivity index (χ4n) is 2.21. The van der Waals surface area contributed by atoms with Crippen molar-refractivity contribution in [3.63, 3.8) is 0 Å². The van der Waals surface area contributed by atoms with Crippen molar-refractivity contribution >= 4 is 34.6 Å². The molecule has 0 atom stereocenters. The highest BCUT2D eigenvalue weighted by Crippen LogP contribution is 2.31. The molecule has 2 aromatic carbocycles. The Hall–Kier alpha value is -2.79. The van der Waals surface area contributed by atoms with Crippen LogP contribution in [0.2, 0.25) is 0 Å². The zero-order valence-corrected chi connectivity index (χ0v) is 13.9. The Morgan fingerprint density at radius 3 is 2.58 bits per heavy atom. The lowest BCUT2D eigenvalue weighted by Gasteiger charge is -1.98. The Morgan fingerprint density at radius 1 is 1.12 bits per heavy atom. The van der Waals surface area contributed by atoms with Crippen LogP contribution >= 0.6 is 11.8 Å². The highest BCUT2D eigenvalue weighted by Gasteiger charge is 2.23. The van der Waals surface area contributed by atoms with E-state index in [0.717, 1.165) is 11.1 Å². The minimum Gasteiger partial charge on any atom is -0.506 e. The second-order valence-corrected chi connectivity index (χ2v) is 6.30. The standard InChI is InChI=1S/C19H16N2O2S/c1-13(11-14-7-3-2-4-8-14)12-17-18(23)21-19(24-17)20-15-9-5-6-10-16(15)22/h2-12,22H,1H3,(H,20,21,23). The second kappa shape index (κ2) is 7.19. The molecule has 4 nitrogen and oxygen atoms in total. The third kappa shape index (κ3) is 3.94. The lowest BCUT2D eigenvalue weighted by molar-refractivity contribution is -0.115. The summed E-state index contributed by atoms with van der Waals surface area (Å²) in [6.07, 6.45) is 3.85. The van der Waals surface area contributed by atoms with Gasteiger partial charge in [0, 0.05) is 0 Å². The zero-order valence-electron chi connectivity index (χ0n) is 13.1. The van der Waals surface area contributed by atoms with Gasteiger partial charge in [-0.3, -0.25) is 4.79 Å². The maximum atomic E-state index is 12.1. The van der Waals surface area contributed by atoms with Gasteiger partial charge in [0.05, 0.1) is 4.91 Å². The van der Waals surface area contributed by atoms with Gasteiger partial charge in [0.25, 0.3) is 5.91 Å². The number of hydrogen-bond acceptors (Lipinski definition) is 4. The van der Waals surface area contributed by atoms with Crippen LogP contribution in [-0.4, -0.2) is 16.2 Å². The molecule has 0 saturated carbocycles. The summed E-state index contributed by atoms with van der Waals surface area (Å²) in [5, 5.41) is 12.9. The number of carbonyl (C=O) groups is 1. The monoisotopic (exact) mass is 336 g/mol. The first-order chi connectivity index (χ1) is 11.6. The molecule has 0 bridgehead atoms. The Bertz CT molecular complexity index is 855. The molecule has 1 heterocycles. The van der Waals surface area contributed by atoms with Gasteiger partial charge in [0.15, 0.2) is 5.17 Å². The minimum absolute atomic E-state index is 0.0810. The number of thioether (sulfide) groups is 1. The number of phenols is 1. The number of carbonyl (C=O) groups excluding carboxylic acids is 1. The third-order valence-corrected chi connectivity index (χ3v) is 4.22. The van der Waals surface area contributed by atoms with Gasteiger partial charge in [-0.2, -0.15) is 0 Å². The average Bonchev–Trinajstić information content (AvgIpc) is 2.90. The van der Waals surface area contributed by atoms with E-state index in [4.69, 9.17) is 0 Å². The first-order valence-corrected chi connectivity index (χ1v) is 8.24. The van der Waals surface area contributed by atoms with Crippen LogP contribution in [-0.2, 0) is 4.79 Å². The molecule has 0 radical (unpaired) electrons. The molecule has 1 aliphatic heterocycles. The number of amidine groups is 1. The van der Waals surface area contributed by atoms with Crippen LogP contribution < -0.4 is 5.32 Å². The summed E-state index contributed by atoms with van der Waals surface area (Å²) >= 11 is 1.26. The van der Waals surface area contributed by atoms with Crippen molar-refractivity contribution < 1.29 is 9.90 Å². The van der Waals surface area contributed by atoms with Crippen LogP contribution in [0.3, 0.4) is 0 Å². The van der Waals surface area contributed by atoms with Crippen LogP contribution in [0.1, 0.15) is 12.5 Å². The predicted octanol–water partition coefficient (Wildman–Crippen LogP) is 4.23. The molecule has 0 aromatic heterocycles. The molecular formula is C19H16N2O2S. The van der Waals surface area contributed by atoms with E-state index in [9.17, 15) is 9.90 Å². The minimum atomic E-state index is -0.185. The number of benzene rings is 2. The van der Waals surface area contributed by atoms with Gasteiger partial charge in [-0.25, -0.2) is 4.99 Å². The summed E-state index contributed by atoms with van der Waals surface area (Å²) in [5.41, 5.74) is 2.49. The molecule has 0 aliphatic carbocycles. The number of hydrogen-bond donors (Lipinski definition) is 2. The van der Waals surface area contributed by atoms with Crippen LogP contribution in [0.4, 0.5) is 5.69 Å². The Kier molecular flexibility index (Phi) is 4.82. The number of rotatable bonds is 3. The largest absolute Gasteiger partial charge is 0.506 e. The van der Waals surface area contributed by atoms with E-state index in [2.05, 4.69) is 10.3 Å². The average molecular weight is 336 g/mol. The number of allylic oxidation sites excluding steroid dienone is 2. The summed E-state index contributed by atoms with van der Waals surface area (Å²) in [4.78, 5) is 16.9. The van der Waals surface area contributed by atoms with Crippen molar-refractivity contribution in [2.24, 2.45) is 4.99 Å². The van der Waals surface area contributed by atoms with Crippen molar-refractivity contribution in [2.75, 3.05) is 0 Å². The van der Waals surface area contributed by atoms with E-state index in [1.165, 1.54) is 11.8 Å². The van der Waals surface area contributed by atoms with Gasteiger partial charge in [-0.15, -0.1) is 0 Å². The van der Waals surface area contributed by atoms with Crippen LogP contribution in [0.5, 0.6) is 5.75 Å². The molecule has 1 saturated heterocycles. The number of nitrogens with zero attached hydrogens (tertiary/aromatic N) is 1. The number of para-hydroxylation sites is 2. The molecule has 2 N–H and O–H groups in total. The van der Waals surface area contributed by atoms with E-state index in [1.54, 1.807) is 24.3 Å². The van der Waals surface area contributed by atoms with Crippen molar-refractivity contribution in [1.29, 1.82) is 0 Å². The summed E-state index contributed by atoms with van der Waals surface area (Å²) in [6, 6.07) is 16.7. The molecule has 120 valence electrons. The van der Waals surface area contributed by atoms with Crippen LogP contribution in [0, 0.1) is 0 Å². The number of amides is 1. The Balaban J connectivity index is 1.80. The number of nitrogens with one attached hydrogen (secondary N) is 1.